The van der Waals surface area contributed by atoms with Crippen molar-refractivity contribution in [2.45, 2.75) is 33.2 Å². The van der Waals surface area contributed by atoms with Gasteiger partial charge in [0.2, 0.25) is 5.91 Å². The quantitative estimate of drug-likeness (QED) is 0.878. The molecule has 1 fully saturated rings. The van der Waals surface area contributed by atoms with Gasteiger partial charge >= 0.3 is 0 Å². The average Bonchev–Trinajstić information content (AvgIpc) is 2.49. The molecule has 2 rings (SSSR count). The maximum atomic E-state index is 12.0. The average molecular weight is 304 g/mol. The minimum atomic E-state index is 0.139. The molecule has 1 aliphatic heterocycles. The molecule has 1 aromatic carbocycles. The van der Waals surface area contributed by atoms with E-state index >= 15 is 0 Å². The highest BCUT2D eigenvalue weighted by molar-refractivity contribution is 5.76. The van der Waals surface area contributed by atoms with Crippen LogP contribution in [-0.2, 0) is 9.53 Å². The molecule has 0 bridgehead atoms. The Hall–Kier alpha value is -1.39. The summed E-state index contributed by atoms with van der Waals surface area (Å²) in [5, 5.41) is 3.10. The normalized spacial score (nSPS) is 17.5. The first-order chi connectivity index (χ1) is 10.6. The van der Waals surface area contributed by atoms with Crippen molar-refractivity contribution in [1.82, 2.24) is 10.2 Å². The Labute approximate surface area is 133 Å². The van der Waals surface area contributed by atoms with E-state index in [1.807, 2.05) is 0 Å². The molecule has 122 valence electrons. The zero-order chi connectivity index (χ0) is 15.9. The molecule has 1 amide bonds. The predicted octanol–water partition coefficient (Wildman–Crippen LogP) is 2.53. The molecular formula is C18H28N2O2. The van der Waals surface area contributed by atoms with E-state index in [1.165, 1.54) is 11.1 Å². The van der Waals surface area contributed by atoms with Gasteiger partial charge in [-0.2, -0.15) is 0 Å². The number of nitrogens with zero attached hydrogens (tertiary/aromatic N) is 1. The largest absolute Gasteiger partial charge is 0.379 e. The molecule has 0 aromatic heterocycles. The number of nitrogens with one attached hydrogen (secondary N) is 1. The Morgan fingerprint density at radius 3 is 2.45 bits per heavy atom. The third kappa shape index (κ3) is 5.11. The van der Waals surface area contributed by atoms with Crippen LogP contribution < -0.4 is 5.32 Å². The second kappa shape index (κ2) is 8.30. The number of hydrogen-bond donors (Lipinski definition) is 1. The second-order valence-electron chi connectivity index (χ2n) is 6.48. The second-order valence-corrected chi connectivity index (χ2v) is 6.48. The van der Waals surface area contributed by atoms with Crippen molar-refractivity contribution in [2.75, 3.05) is 32.8 Å². The van der Waals surface area contributed by atoms with Crippen LogP contribution in [0.3, 0.4) is 0 Å². The minimum Gasteiger partial charge on any atom is -0.379 e. The van der Waals surface area contributed by atoms with Crippen LogP contribution in [0, 0.1) is 12.8 Å². The van der Waals surface area contributed by atoms with Crippen LogP contribution in [0.1, 0.15) is 37.4 Å². The van der Waals surface area contributed by atoms with Crippen LogP contribution in [-0.4, -0.2) is 43.7 Å². The SMILES string of the molecule is Cc1ccc(C(CNC(=O)CC(C)C)N2CCOCC2)cc1. The number of carbonyl (C=O) groups is 1. The molecule has 22 heavy (non-hydrogen) atoms. The number of morpholine rings is 1. The van der Waals surface area contributed by atoms with Crippen LogP contribution in [0.15, 0.2) is 24.3 Å². The molecule has 0 radical (unpaired) electrons. The van der Waals surface area contributed by atoms with Gasteiger partial charge in [0.05, 0.1) is 19.3 Å². The topological polar surface area (TPSA) is 41.6 Å². The molecule has 1 unspecified atom stereocenters. The first-order valence-electron chi connectivity index (χ1n) is 8.21. The van der Waals surface area contributed by atoms with E-state index in [1.54, 1.807) is 0 Å². The van der Waals surface area contributed by atoms with E-state index < -0.39 is 0 Å². The van der Waals surface area contributed by atoms with Gasteiger partial charge in [0.15, 0.2) is 0 Å². The van der Waals surface area contributed by atoms with Gasteiger partial charge in [-0.15, -0.1) is 0 Å². The predicted molar refractivity (Wildman–Crippen MR) is 88.8 cm³/mol. The maximum absolute atomic E-state index is 12.0. The van der Waals surface area contributed by atoms with Crippen LogP contribution >= 0.6 is 0 Å². The highest BCUT2D eigenvalue weighted by Crippen LogP contribution is 2.22. The van der Waals surface area contributed by atoms with Crippen LogP contribution in [0.25, 0.3) is 0 Å². The Kier molecular flexibility index (Phi) is 6.40. The number of carbonyl (C=O) groups excluding carboxylic acids is 1. The molecule has 1 saturated heterocycles. The maximum Gasteiger partial charge on any atom is 0.220 e. The Morgan fingerprint density at radius 2 is 1.86 bits per heavy atom. The first kappa shape index (κ1) is 17.0. The summed E-state index contributed by atoms with van der Waals surface area (Å²) < 4.78 is 5.45. The summed E-state index contributed by atoms with van der Waals surface area (Å²) in [6.45, 7) is 10.3. The van der Waals surface area contributed by atoms with Crippen molar-refractivity contribution in [3.05, 3.63) is 35.4 Å². The van der Waals surface area contributed by atoms with E-state index in [4.69, 9.17) is 4.74 Å². The highest BCUT2D eigenvalue weighted by atomic mass is 16.5. The lowest BCUT2D eigenvalue weighted by Gasteiger charge is -2.35. The van der Waals surface area contributed by atoms with Crippen molar-refractivity contribution in [3.63, 3.8) is 0 Å². The number of hydrogen-bond acceptors (Lipinski definition) is 3. The van der Waals surface area contributed by atoms with Gasteiger partial charge in [0.25, 0.3) is 0 Å². The van der Waals surface area contributed by atoms with Gasteiger partial charge in [-0.3, -0.25) is 9.69 Å². The highest BCUT2D eigenvalue weighted by Gasteiger charge is 2.23. The Balaban J connectivity index is 2.04. The third-order valence-electron chi connectivity index (χ3n) is 4.03. The fourth-order valence-electron chi connectivity index (χ4n) is 2.79. The minimum absolute atomic E-state index is 0.139. The van der Waals surface area contributed by atoms with Gasteiger partial charge in [0, 0.05) is 26.1 Å². The lowest BCUT2D eigenvalue weighted by atomic mass is 10.0. The molecule has 1 N–H and O–H groups in total. The molecule has 1 aliphatic rings. The number of amides is 1. The summed E-state index contributed by atoms with van der Waals surface area (Å²) in [6.07, 6.45) is 0.587. The lowest BCUT2D eigenvalue weighted by molar-refractivity contribution is -0.122. The molecule has 4 nitrogen and oxygen atoms in total. The van der Waals surface area contributed by atoms with Crippen molar-refractivity contribution in [1.29, 1.82) is 0 Å². The summed E-state index contributed by atoms with van der Waals surface area (Å²) in [5.74, 6) is 0.529. The van der Waals surface area contributed by atoms with Crippen molar-refractivity contribution in [2.24, 2.45) is 5.92 Å². The van der Waals surface area contributed by atoms with Crippen molar-refractivity contribution < 1.29 is 9.53 Å². The molecule has 1 heterocycles. The Morgan fingerprint density at radius 1 is 1.23 bits per heavy atom. The molecule has 0 aliphatic carbocycles. The number of rotatable bonds is 6. The van der Waals surface area contributed by atoms with Crippen LogP contribution in [0.2, 0.25) is 0 Å². The standard InChI is InChI=1S/C18H28N2O2/c1-14(2)12-18(21)19-13-17(20-8-10-22-11-9-20)16-6-4-15(3)5-7-16/h4-7,14,17H,8-13H2,1-3H3,(H,19,21). The first-order valence-corrected chi connectivity index (χ1v) is 8.21. The van der Waals surface area contributed by atoms with Crippen molar-refractivity contribution >= 4 is 5.91 Å². The molecule has 1 aromatic rings. The third-order valence-corrected chi connectivity index (χ3v) is 4.03. The van der Waals surface area contributed by atoms with Crippen LogP contribution in [0.5, 0.6) is 0 Å². The number of benzene rings is 1. The van der Waals surface area contributed by atoms with E-state index in [0.717, 1.165) is 26.3 Å². The summed E-state index contributed by atoms with van der Waals surface area (Å²) in [4.78, 5) is 14.4. The van der Waals surface area contributed by atoms with Gasteiger partial charge in [0.1, 0.15) is 0 Å². The summed E-state index contributed by atoms with van der Waals surface area (Å²) in [6, 6.07) is 8.84. The van der Waals surface area contributed by atoms with Crippen molar-refractivity contribution in [3.8, 4) is 0 Å². The van der Waals surface area contributed by atoms with E-state index in [-0.39, 0.29) is 11.9 Å². The molecule has 0 spiro atoms. The molecular weight excluding hydrogens is 276 g/mol. The van der Waals surface area contributed by atoms with Gasteiger partial charge < -0.3 is 10.1 Å². The van der Waals surface area contributed by atoms with Gasteiger partial charge in [-0.1, -0.05) is 43.7 Å². The monoisotopic (exact) mass is 304 g/mol. The summed E-state index contributed by atoms with van der Waals surface area (Å²) in [7, 11) is 0. The fourth-order valence-corrected chi connectivity index (χ4v) is 2.79. The smallest absolute Gasteiger partial charge is 0.220 e. The number of aryl methyl sites for hydroxylation is 1. The zero-order valence-corrected chi connectivity index (χ0v) is 14.0. The van der Waals surface area contributed by atoms with E-state index in [9.17, 15) is 4.79 Å². The lowest BCUT2D eigenvalue weighted by Crippen LogP contribution is -2.43. The summed E-state index contributed by atoms with van der Waals surface area (Å²) in [5.41, 5.74) is 2.52. The number of ether oxygens (including phenoxy) is 1. The van der Waals surface area contributed by atoms with Gasteiger partial charge in [-0.25, -0.2) is 0 Å². The Bertz CT molecular complexity index is 464. The molecule has 0 saturated carbocycles. The zero-order valence-electron chi connectivity index (χ0n) is 14.0. The van der Waals surface area contributed by atoms with E-state index in [2.05, 4.69) is 55.3 Å². The molecule has 1 atom stereocenters. The molecule has 4 heteroatoms. The van der Waals surface area contributed by atoms with Crippen LogP contribution in [0.4, 0.5) is 0 Å². The fraction of sp³-hybridized carbons (Fsp3) is 0.611. The van der Waals surface area contributed by atoms with E-state index in [0.29, 0.717) is 18.9 Å². The van der Waals surface area contributed by atoms with Gasteiger partial charge in [-0.05, 0) is 18.4 Å². The summed E-state index contributed by atoms with van der Waals surface area (Å²) >= 11 is 0.